The number of hydrogen-bond acceptors (Lipinski definition) is 0. The summed E-state index contributed by atoms with van der Waals surface area (Å²) >= 11 is 0. The van der Waals surface area contributed by atoms with E-state index in [4.69, 9.17) is 0 Å². The standard InChI is InChI=1S/C20H17F3/c1-2-20(23)18(21)13-12-17(19(20)22)16-11-7-6-10-15(16)14-8-4-3-5-9-14/h3-13,19H,2H2,1H3. The number of rotatable bonds is 3. The molecule has 2 aromatic carbocycles. The molecule has 0 fully saturated rings. The van der Waals surface area contributed by atoms with Crippen molar-refractivity contribution in [1.29, 1.82) is 0 Å². The zero-order chi connectivity index (χ0) is 16.4. The Labute approximate surface area is 134 Å². The van der Waals surface area contributed by atoms with Crippen LogP contribution < -0.4 is 0 Å². The molecule has 0 aromatic heterocycles. The normalized spacial score (nSPS) is 24.1. The Hall–Kier alpha value is -2.29. The molecule has 0 heterocycles. The first-order chi connectivity index (χ1) is 11.1. The maximum Gasteiger partial charge on any atom is 0.196 e. The van der Waals surface area contributed by atoms with E-state index in [0.717, 1.165) is 17.2 Å². The molecule has 0 nitrogen and oxygen atoms in total. The number of halogens is 3. The minimum Gasteiger partial charge on any atom is -0.238 e. The van der Waals surface area contributed by atoms with Crippen LogP contribution in [-0.4, -0.2) is 11.8 Å². The number of allylic oxidation sites excluding steroid dienone is 4. The molecule has 0 saturated heterocycles. The number of hydrogen-bond donors (Lipinski definition) is 0. The maximum absolute atomic E-state index is 14.8. The fraction of sp³-hybridized carbons (Fsp3) is 0.200. The highest BCUT2D eigenvalue weighted by Gasteiger charge is 2.46. The van der Waals surface area contributed by atoms with E-state index in [1.165, 1.54) is 13.0 Å². The Bertz CT molecular complexity index is 761. The Morgan fingerprint density at radius 3 is 2.17 bits per heavy atom. The molecule has 0 N–H and O–H groups in total. The first-order valence-electron chi connectivity index (χ1n) is 7.63. The quantitative estimate of drug-likeness (QED) is 0.646. The fourth-order valence-corrected chi connectivity index (χ4v) is 2.93. The van der Waals surface area contributed by atoms with Crippen molar-refractivity contribution in [3.63, 3.8) is 0 Å². The number of alkyl halides is 2. The van der Waals surface area contributed by atoms with Crippen LogP contribution in [0.3, 0.4) is 0 Å². The van der Waals surface area contributed by atoms with Crippen LogP contribution in [0.25, 0.3) is 16.7 Å². The molecule has 1 aliphatic rings. The molecule has 0 bridgehead atoms. The van der Waals surface area contributed by atoms with Gasteiger partial charge in [0.15, 0.2) is 11.8 Å². The average Bonchev–Trinajstić information content (AvgIpc) is 2.61. The summed E-state index contributed by atoms with van der Waals surface area (Å²) in [6.07, 6.45) is 0.107. The third-order valence-electron chi connectivity index (χ3n) is 4.32. The van der Waals surface area contributed by atoms with Crippen molar-refractivity contribution in [2.75, 3.05) is 0 Å². The van der Waals surface area contributed by atoms with Crippen LogP contribution in [0, 0.1) is 0 Å². The van der Waals surface area contributed by atoms with E-state index in [0.29, 0.717) is 5.56 Å². The molecule has 0 spiro atoms. The van der Waals surface area contributed by atoms with Crippen molar-refractivity contribution in [3.05, 3.63) is 78.1 Å². The largest absolute Gasteiger partial charge is 0.238 e. The SMILES string of the molecule is CCC1(F)C(F)=CC=C(c2ccccc2-c2ccccc2)C1F. The summed E-state index contributed by atoms with van der Waals surface area (Å²) in [5, 5.41) is 0. The molecule has 23 heavy (non-hydrogen) atoms. The molecule has 2 unspecified atom stereocenters. The molecule has 0 amide bonds. The van der Waals surface area contributed by atoms with Crippen LogP contribution in [0.2, 0.25) is 0 Å². The molecule has 3 heteroatoms. The van der Waals surface area contributed by atoms with E-state index < -0.39 is 17.7 Å². The summed E-state index contributed by atoms with van der Waals surface area (Å²) in [4.78, 5) is 0. The lowest BCUT2D eigenvalue weighted by atomic mass is 9.81. The summed E-state index contributed by atoms with van der Waals surface area (Å²) in [6.45, 7) is 1.45. The highest BCUT2D eigenvalue weighted by atomic mass is 19.2. The zero-order valence-corrected chi connectivity index (χ0v) is 12.8. The maximum atomic E-state index is 14.8. The van der Waals surface area contributed by atoms with E-state index in [1.54, 1.807) is 12.1 Å². The molecule has 1 aliphatic carbocycles. The van der Waals surface area contributed by atoms with Crippen molar-refractivity contribution in [3.8, 4) is 11.1 Å². The summed E-state index contributed by atoms with van der Waals surface area (Å²) in [5.41, 5.74) is -0.114. The van der Waals surface area contributed by atoms with Gasteiger partial charge in [0.25, 0.3) is 0 Å². The topological polar surface area (TPSA) is 0 Å². The van der Waals surface area contributed by atoms with Crippen molar-refractivity contribution in [1.82, 2.24) is 0 Å². The van der Waals surface area contributed by atoms with E-state index in [2.05, 4.69) is 0 Å². The van der Waals surface area contributed by atoms with Gasteiger partial charge in [-0.25, -0.2) is 13.2 Å². The summed E-state index contributed by atoms with van der Waals surface area (Å²) in [5.74, 6) is -1.05. The summed E-state index contributed by atoms with van der Waals surface area (Å²) in [6, 6.07) is 16.7. The second kappa shape index (κ2) is 6.07. The zero-order valence-electron chi connectivity index (χ0n) is 12.8. The van der Waals surface area contributed by atoms with E-state index in [1.807, 2.05) is 42.5 Å². The van der Waals surface area contributed by atoms with Crippen LogP contribution >= 0.6 is 0 Å². The second-order valence-electron chi connectivity index (χ2n) is 5.63. The third-order valence-corrected chi connectivity index (χ3v) is 4.32. The van der Waals surface area contributed by atoms with Crippen molar-refractivity contribution >= 4 is 5.57 Å². The van der Waals surface area contributed by atoms with Gasteiger partial charge in [-0.2, -0.15) is 0 Å². The first-order valence-corrected chi connectivity index (χ1v) is 7.63. The smallest absolute Gasteiger partial charge is 0.196 e. The molecule has 3 rings (SSSR count). The first kappa shape index (κ1) is 15.6. The van der Waals surface area contributed by atoms with Crippen LogP contribution in [0.4, 0.5) is 13.2 Å². The Morgan fingerprint density at radius 2 is 1.52 bits per heavy atom. The van der Waals surface area contributed by atoms with Crippen LogP contribution in [0.15, 0.2) is 72.6 Å². The fourth-order valence-electron chi connectivity index (χ4n) is 2.93. The second-order valence-corrected chi connectivity index (χ2v) is 5.63. The molecule has 0 aliphatic heterocycles. The molecular weight excluding hydrogens is 297 g/mol. The van der Waals surface area contributed by atoms with Gasteiger partial charge in [0.05, 0.1) is 0 Å². The van der Waals surface area contributed by atoms with Gasteiger partial charge >= 0.3 is 0 Å². The van der Waals surface area contributed by atoms with Gasteiger partial charge in [-0.05, 0) is 34.8 Å². The molecule has 2 aromatic rings. The minimum absolute atomic E-state index is 0.176. The third kappa shape index (κ3) is 2.61. The van der Waals surface area contributed by atoms with Crippen LogP contribution in [-0.2, 0) is 0 Å². The Morgan fingerprint density at radius 1 is 0.913 bits per heavy atom. The highest BCUT2D eigenvalue weighted by Crippen LogP contribution is 2.44. The lowest BCUT2D eigenvalue weighted by molar-refractivity contribution is 0.0889. The van der Waals surface area contributed by atoms with Gasteiger partial charge in [0.2, 0.25) is 0 Å². The molecule has 118 valence electrons. The lowest BCUT2D eigenvalue weighted by Crippen LogP contribution is -2.37. The Balaban J connectivity index is 2.14. The molecule has 2 atom stereocenters. The monoisotopic (exact) mass is 314 g/mol. The van der Waals surface area contributed by atoms with E-state index in [9.17, 15) is 13.2 Å². The van der Waals surface area contributed by atoms with Gasteiger partial charge in [-0.1, -0.05) is 67.6 Å². The van der Waals surface area contributed by atoms with Gasteiger partial charge < -0.3 is 0 Å². The Kier molecular flexibility index (Phi) is 4.12. The average molecular weight is 314 g/mol. The predicted octanol–water partition coefficient (Wildman–Crippen LogP) is 6.06. The van der Waals surface area contributed by atoms with Crippen LogP contribution in [0.5, 0.6) is 0 Å². The number of benzene rings is 2. The van der Waals surface area contributed by atoms with Gasteiger partial charge in [-0.3, -0.25) is 0 Å². The lowest BCUT2D eigenvalue weighted by Gasteiger charge is -2.31. The van der Waals surface area contributed by atoms with Crippen molar-refractivity contribution in [2.24, 2.45) is 0 Å². The highest BCUT2D eigenvalue weighted by molar-refractivity contribution is 5.85. The van der Waals surface area contributed by atoms with Gasteiger partial charge in [-0.15, -0.1) is 0 Å². The molecular formula is C20H17F3. The summed E-state index contributed by atoms with van der Waals surface area (Å²) < 4.78 is 43.3. The van der Waals surface area contributed by atoms with Crippen molar-refractivity contribution in [2.45, 2.75) is 25.2 Å². The predicted molar refractivity (Wildman–Crippen MR) is 88.1 cm³/mol. The molecule has 0 saturated carbocycles. The molecule has 0 radical (unpaired) electrons. The van der Waals surface area contributed by atoms with Crippen LogP contribution in [0.1, 0.15) is 18.9 Å². The summed E-state index contributed by atoms with van der Waals surface area (Å²) in [7, 11) is 0. The van der Waals surface area contributed by atoms with E-state index >= 15 is 0 Å². The van der Waals surface area contributed by atoms with E-state index in [-0.39, 0.29) is 12.0 Å². The van der Waals surface area contributed by atoms with Crippen molar-refractivity contribution < 1.29 is 13.2 Å². The van der Waals surface area contributed by atoms with Gasteiger partial charge in [0, 0.05) is 0 Å². The van der Waals surface area contributed by atoms with Gasteiger partial charge in [0.1, 0.15) is 5.83 Å². The minimum atomic E-state index is -2.59.